The fraction of sp³-hybridized carbons (Fsp3) is 0.947. The van der Waals surface area contributed by atoms with Crippen LogP contribution < -0.4 is 10.6 Å². The van der Waals surface area contributed by atoms with Crippen LogP contribution in [-0.2, 0) is 9.05 Å². The maximum atomic E-state index is 10.4. The molecule has 0 aliphatic rings. The molecule has 0 rings (SSSR count). The van der Waals surface area contributed by atoms with Crippen LogP contribution in [0.2, 0.25) is 0 Å². The molecule has 158 valence electrons. The van der Waals surface area contributed by atoms with E-state index in [1.807, 2.05) is 20.8 Å². The summed E-state index contributed by atoms with van der Waals surface area (Å²) in [7, 11) is -3.20. The molecule has 0 saturated carbocycles. The molecule has 0 heterocycles. The highest BCUT2D eigenvalue weighted by Gasteiger charge is 2.26. The van der Waals surface area contributed by atoms with Gasteiger partial charge in [0.05, 0.1) is 25.9 Å². The van der Waals surface area contributed by atoms with Gasteiger partial charge in [-0.15, -0.1) is 0 Å². The van der Waals surface area contributed by atoms with Gasteiger partial charge >= 0.3 is 0 Å². The standard InChI is InChI=1S/C19H43N2O4P/c1-17(2,3)11-15(20-18(4,5)6)13-24-26(10,23)25-14-16(12-22)21-19(7,8)9/h15-16,20-23H,10-14H2,1-9H3. The van der Waals surface area contributed by atoms with Gasteiger partial charge in [-0.1, -0.05) is 20.8 Å². The molecule has 0 aliphatic carbocycles. The average Bonchev–Trinajstić information content (AvgIpc) is 2.36. The van der Waals surface area contributed by atoms with Crippen molar-refractivity contribution in [2.24, 2.45) is 5.41 Å². The Morgan fingerprint density at radius 3 is 1.58 bits per heavy atom. The summed E-state index contributed by atoms with van der Waals surface area (Å²) in [5.74, 6) is 0. The highest BCUT2D eigenvalue weighted by molar-refractivity contribution is 7.58. The van der Waals surface area contributed by atoms with Crippen molar-refractivity contribution in [3.63, 3.8) is 0 Å². The lowest BCUT2D eigenvalue weighted by atomic mass is 9.87. The normalized spacial score (nSPS) is 18.4. The van der Waals surface area contributed by atoms with E-state index in [0.29, 0.717) is 6.61 Å². The highest BCUT2D eigenvalue weighted by atomic mass is 31.2. The molecular weight excluding hydrogens is 351 g/mol. The molecule has 0 spiro atoms. The Morgan fingerprint density at radius 1 is 0.846 bits per heavy atom. The van der Waals surface area contributed by atoms with E-state index in [2.05, 4.69) is 58.5 Å². The van der Waals surface area contributed by atoms with Gasteiger partial charge in [-0.05, 0) is 59.7 Å². The Hall–Kier alpha value is 0.0600. The van der Waals surface area contributed by atoms with Gasteiger partial charge < -0.3 is 29.7 Å². The smallest absolute Gasteiger partial charge is 0.248 e. The van der Waals surface area contributed by atoms with E-state index in [-0.39, 0.29) is 41.8 Å². The number of rotatable bonds is 10. The van der Waals surface area contributed by atoms with Crippen molar-refractivity contribution in [3.05, 3.63) is 0 Å². The Labute approximate surface area is 161 Å². The SMILES string of the molecule is C=P(O)(OCC(CO)NC(C)(C)C)OCC(CC(C)(C)C)NC(C)(C)C. The molecule has 3 unspecified atom stereocenters. The summed E-state index contributed by atoms with van der Waals surface area (Å²) < 4.78 is 11.2. The van der Waals surface area contributed by atoms with Gasteiger partial charge in [0.2, 0.25) is 7.57 Å². The monoisotopic (exact) mass is 394 g/mol. The first kappa shape index (κ1) is 26.1. The Bertz CT molecular complexity index is 434. The van der Waals surface area contributed by atoms with Crippen LogP contribution in [0.25, 0.3) is 0 Å². The van der Waals surface area contributed by atoms with Gasteiger partial charge in [-0.2, -0.15) is 0 Å². The number of aliphatic hydroxyl groups is 1. The third-order valence-corrected chi connectivity index (χ3v) is 4.41. The molecule has 26 heavy (non-hydrogen) atoms. The van der Waals surface area contributed by atoms with Crippen molar-refractivity contribution < 1.29 is 19.0 Å². The molecule has 7 heteroatoms. The van der Waals surface area contributed by atoms with E-state index in [1.165, 1.54) is 0 Å². The zero-order valence-electron chi connectivity index (χ0n) is 18.3. The van der Waals surface area contributed by atoms with Crippen LogP contribution in [0.1, 0.15) is 68.7 Å². The Kier molecular flexibility index (Phi) is 10.0. The minimum absolute atomic E-state index is 0.0591. The summed E-state index contributed by atoms with van der Waals surface area (Å²) in [5.41, 5.74) is -0.0935. The van der Waals surface area contributed by atoms with Crippen LogP contribution >= 0.6 is 7.57 Å². The van der Waals surface area contributed by atoms with E-state index in [9.17, 15) is 10.00 Å². The number of hydrogen-bond acceptors (Lipinski definition) is 6. The van der Waals surface area contributed by atoms with Crippen molar-refractivity contribution in [3.8, 4) is 0 Å². The summed E-state index contributed by atoms with van der Waals surface area (Å²) in [5, 5.41) is 16.3. The summed E-state index contributed by atoms with van der Waals surface area (Å²) >= 11 is 0. The topological polar surface area (TPSA) is 83.0 Å². The third kappa shape index (κ3) is 15.2. The molecule has 0 fully saturated rings. The van der Waals surface area contributed by atoms with Crippen LogP contribution in [0.4, 0.5) is 0 Å². The van der Waals surface area contributed by atoms with Crippen LogP contribution in [0.3, 0.4) is 0 Å². The first-order chi connectivity index (χ1) is 11.4. The lowest BCUT2D eigenvalue weighted by Gasteiger charge is -2.34. The first-order valence-electron chi connectivity index (χ1n) is 9.34. The molecule has 0 aromatic heterocycles. The summed E-state index contributed by atoms with van der Waals surface area (Å²) in [6, 6.07) is -0.210. The van der Waals surface area contributed by atoms with Crippen molar-refractivity contribution in [1.29, 1.82) is 0 Å². The molecule has 6 nitrogen and oxygen atoms in total. The second-order valence-corrected chi connectivity index (χ2v) is 12.2. The van der Waals surface area contributed by atoms with Gasteiger partial charge in [0.25, 0.3) is 0 Å². The first-order valence-corrected chi connectivity index (χ1v) is 11.1. The fourth-order valence-electron chi connectivity index (χ4n) is 2.71. The van der Waals surface area contributed by atoms with Gasteiger partial charge in [-0.25, -0.2) is 0 Å². The van der Waals surface area contributed by atoms with Crippen LogP contribution in [0.5, 0.6) is 0 Å². The molecule has 0 radical (unpaired) electrons. The zero-order valence-corrected chi connectivity index (χ0v) is 19.2. The van der Waals surface area contributed by atoms with Crippen LogP contribution in [-0.4, -0.2) is 59.3 Å². The summed E-state index contributed by atoms with van der Waals surface area (Å²) in [4.78, 5) is 10.4. The van der Waals surface area contributed by atoms with E-state index in [1.54, 1.807) is 0 Å². The largest absolute Gasteiger partial charge is 0.395 e. The minimum Gasteiger partial charge on any atom is -0.395 e. The predicted molar refractivity (Wildman–Crippen MR) is 113 cm³/mol. The van der Waals surface area contributed by atoms with E-state index in [0.717, 1.165) is 6.42 Å². The van der Waals surface area contributed by atoms with Gasteiger partial charge in [0.1, 0.15) is 0 Å². The zero-order chi connectivity index (χ0) is 20.8. The number of aliphatic hydroxyl groups excluding tert-OH is 1. The number of hydrogen-bond donors (Lipinski definition) is 4. The summed E-state index contributed by atoms with van der Waals surface area (Å²) in [6.45, 7) is 19.2. The molecular formula is C19H43N2O4P. The Balaban J connectivity index is 4.70. The molecule has 4 N–H and O–H groups in total. The lowest BCUT2D eigenvalue weighted by molar-refractivity contribution is 0.121. The maximum absolute atomic E-state index is 10.4. The van der Waals surface area contributed by atoms with Gasteiger partial charge in [0, 0.05) is 17.1 Å². The molecule has 0 aromatic rings. The van der Waals surface area contributed by atoms with E-state index >= 15 is 0 Å². The third-order valence-electron chi connectivity index (χ3n) is 3.31. The van der Waals surface area contributed by atoms with Crippen molar-refractivity contribution in [2.75, 3.05) is 19.8 Å². The molecule has 3 atom stereocenters. The highest BCUT2D eigenvalue weighted by Crippen LogP contribution is 2.43. The predicted octanol–water partition coefficient (Wildman–Crippen LogP) is 3.15. The molecule has 0 aliphatic heterocycles. The summed E-state index contributed by atoms with van der Waals surface area (Å²) in [6.07, 6.45) is 4.62. The van der Waals surface area contributed by atoms with Crippen molar-refractivity contribution in [2.45, 2.75) is 91.9 Å². The lowest BCUT2D eigenvalue weighted by Crippen LogP contribution is -2.48. The second-order valence-electron chi connectivity index (χ2n) is 10.4. The molecule has 0 bridgehead atoms. The molecule has 0 aromatic carbocycles. The maximum Gasteiger partial charge on any atom is 0.248 e. The van der Waals surface area contributed by atoms with Gasteiger partial charge in [0.15, 0.2) is 0 Å². The fourth-order valence-corrected chi connectivity index (χ4v) is 3.61. The van der Waals surface area contributed by atoms with Crippen molar-refractivity contribution in [1.82, 2.24) is 10.6 Å². The van der Waals surface area contributed by atoms with Crippen LogP contribution in [0.15, 0.2) is 0 Å². The van der Waals surface area contributed by atoms with Crippen molar-refractivity contribution >= 4 is 13.9 Å². The molecule has 0 amide bonds. The van der Waals surface area contributed by atoms with Crippen LogP contribution in [0, 0.1) is 5.41 Å². The van der Waals surface area contributed by atoms with E-state index in [4.69, 9.17) is 9.05 Å². The minimum atomic E-state index is -3.20. The molecule has 0 saturated heterocycles. The Morgan fingerprint density at radius 2 is 1.23 bits per heavy atom. The van der Waals surface area contributed by atoms with Gasteiger partial charge in [-0.3, -0.25) is 0 Å². The quantitative estimate of drug-likeness (QED) is 0.426. The second kappa shape index (κ2) is 10.0. The average molecular weight is 395 g/mol. The van der Waals surface area contributed by atoms with E-state index < -0.39 is 7.57 Å². The number of nitrogens with one attached hydrogen (secondary N) is 2.